The van der Waals surface area contributed by atoms with Crippen LogP contribution in [-0.2, 0) is 37.5 Å². The minimum absolute atomic E-state index is 0.0582. The molecule has 0 aromatic heterocycles. The molecule has 0 amide bonds. The summed E-state index contributed by atoms with van der Waals surface area (Å²) in [7, 11) is -4.75. The van der Waals surface area contributed by atoms with Gasteiger partial charge >= 0.3 is 25.7 Å². The monoisotopic (exact) mass is 850 g/mol. The number of phosphoric acid groups is 1. The second-order valence-electron chi connectivity index (χ2n) is 14.4. The Morgan fingerprint density at radius 3 is 1.51 bits per heavy atom. The summed E-state index contributed by atoms with van der Waals surface area (Å²) in [5.41, 5.74) is 5.32. The fraction of sp³-hybridized carbons (Fsp3) is 0.630. The number of rotatable bonds is 39. The van der Waals surface area contributed by atoms with Crippen LogP contribution in [0.1, 0.15) is 149 Å². The first-order valence-corrected chi connectivity index (χ1v) is 23.1. The van der Waals surface area contributed by atoms with Crippen molar-refractivity contribution in [3.05, 3.63) is 85.1 Å². The maximum atomic E-state index is 12.6. The van der Waals surface area contributed by atoms with Crippen molar-refractivity contribution in [3.8, 4) is 0 Å². The number of phosphoric ester groups is 1. The number of carbonyl (C=O) groups is 3. The number of ether oxygens (including phenoxy) is 2. The Bertz CT molecular complexity index is 1340. The van der Waals surface area contributed by atoms with Crippen molar-refractivity contribution in [1.29, 1.82) is 0 Å². The largest absolute Gasteiger partial charge is 0.480 e. The Hall–Kier alpha value is -3.38. The van der Waals surface area contributed by atoms with Crippen molar-refractivity contribution in [2.24, 2.45) is 5.73 Å². The molecule has 0 aromatic carbocycles. The highest BCUT2D eigenvalue weighted by Gasteiger charge is 2.28. The second-order valence-corrected chi connectivity index (χ2v) is 15.9. The highest BCUT2D eigenvalue weighted by molar-refractivity contribution is 7.47. The van der Waals surface area contributed by atoms with Gasteiger partial charge in [0.15, 0.2) is 6.10 Å². The van der Waals surface area contributed by atoms with Crippen LogP contribution >= 0.6 is 7.82 Å². The van der Waals surface area contributed by atoms with Gasteiger partial charge in [0.2, 0.25) is 0 Å². The van der Waals surface area contributed by atoms with E-state index in [2.05, 4.69) is 72.2 Å². The van der Waals surface area contributed by atoms with Crippen LogP contribution in [0.4, 0.5) is 0 Å². The zero-order valence-corrected chi connectivity index (χ0v) is 36.8. The summed E-state index contributed by atoms with van der Waals surface area (Å²) in [6.45, 7) is 2.21. The van der Waals surface area contributed by atoms with E-state index in [0.717, 1.165) is 57.8 Å². The molecule has 0 saturated heterocycles. The number of nitrogens with two attached hydrogens (primary N) is 1. The molecule has 0 spiro atoms. The summed E-state index contributed by atoms with van der Waals surface area (Å²) in [6, 6.07) is -1.55. The molecule has 1 unspecified atom stereocenters. The molecule has 59 heavy (non-hydrogen) atoms. The number of aliphatic hydroxyl groups is 1. The van der Waals surface area contributed by atoms with Crippen LogP contribution in [0.2, 0.25) is 0 Å². The Kier molecular flexibility index (Phi) is 37.8. The van der Waals surface area contributed by atoms with E-state index in [9.17, 15) is 28.9 Å². The summed E-state index contributed by atoms with van der Waals surface area (Å²) in [5.74, 6) is -2.55. The lowest BCUT2D eigenvalue weighted by Gasteiger charge is -2.20. The highest BCUT2D eigenvalue weighted by Crippen LogP contribution is 2.43. The van der Waals surface area contributed by atoms with E-state index in [4.69, 9.17) is 24.8 Å². The SMILES string of the molecule is CCCCCCCC/C=C\C/C=C\C/C=C\CCCC(=O)OC[C@H](COP(=O)(O)OC[C@H](N)C(=O)O)OC(=O)CCC/C=C\C/C=C\C/C=C\C/C=C\CCC[C@H](C)O. The summed E-state index contributed by atoms with van der Waals surface area (Å²) in [6.07, 6.45) is 46.5. The molecule has 0 heterocycles. The zero-order chi connectivity index (χ0) is 43.7. The summed E-state index contributed by atoms with van der Waals surface area (Å²) < 4.78 is 32.5. The predicted molar refractivity (Wildman–Crippen MR) is 236 cm³/mol. The molecule has 0 aliphatic carbocycles. The molecular weight excluding hydrogens is 773 g/mol. The van der Waals surface area contributed by atoms with E-state index in [1.54, 1.807) is 6.92 Å². The number of hydrogen-bond donors (Lipinski definition) is 4. The molecule has 0 radical (unpaired) electrons. The average molecular weight is 850 g/mol. The Morgan fingerprint density at radius 1 is 0.593 bits per heavy atom. The van der Waals surface area contributed by atoms with Gasteiger partial charge in [-0.3, -0.25) is 23.4 Å². The fourth-order valence-corrected chi connectivity index (χ4v) is 5.99. The molecule has 0 bridgehead atoms. The number of aliphatic carboxylic acids is 1. The number of aliphatic hydroxyl groups excluding tert-OH is 1. The molecule has 0 saturated carbocycles. The number of carboxylic acid groups (broad SMARTS) is 1. The zero-order valence-electron chi connectivity index (χ0n) is 35.9. The number of unbranched alkanes of at least 4 members (excludes halogenated alkanes) is 9. The van der Waals surface area contributed by atoms with Crippen molar-refractivity contribution >= 4 is 25.7 Å². The third kappa shape index (κ3) is 41.2. The Morgan fingerprint density at radius 2 is 1.02 bits per heavy atom. The first-order valence-electron chi connectivity index (χ1n) is 21.6. The van der Waals surface area contributed by atoms with Gasteiger partial charge in [0.1, 0.15) is 12.6 Å². The van der Waals surface area contributed by atoms with Gasteiger partial charge in [-0.2, -0.15) is 0 Å². The number of carboxylic acids is 1. The van der Waals surface area contributed by atoms with Crippen LogP contribution in [0.5, 0.6) is 0 Å². The molecule has 0 rings (SSSR count). The normalized spacial score (nSPS) is 15.1. The lowest BCUT2D eigenvalue weighted by atomic mass is 10.1. The van der Waals surface area contributed by atoms with Gasteiger partial charge in [0, 0.05) is 12.8 Å². The van der Waals surface area contributed by atoms with E-state index < -0.39 is 57.7 Å². The summed E-state index contributed by atoms with van der Waals surface area (Å²) in [4.78, 5) is 45.9. The van der Waals surface area contributed by atoms with Crippen LogP contribution in [0.25, 0.3) is 0 Å². The first-order chi connectivity index (χ1) is 28.5. The number of hydrogen-bond acceptors (Lipinski definition) is 10. The topological polar surface area (TPSA) is 192 Å². The van der Waals surface area contributed by atoms with E-state index >= 15 is 0 Å². The van der Waals surface area contributed by atoms with Crippen LogP contribution in [0.3, 0.4) is 0 Å². The quantitative estimate of drug-likeness (QED) is 0.0198. The summed E-state index contributed by atoms with van der Waals surface area (Å²) >= 11 is 0. The van der Waals surface area contributed by atoms with Crippen molar-refractivity contribution < 1.29 is 52.6 Å². The minimum atomic E-state index is -4.75. The summed E-state index contributed by atoms with van der Waals surface area (Å²) in [5, 5.41) is 18.2. The van der Waals surface area contributed by atoms with E-state index in [-0.39, 0.29) is 18.9 Å². The molecule has 336 valence electrons. The third-order valence-electron chi connectivity index (χ3n) is 8.63. The Labute approximate surface area is 355 Å². The molecule has 0 fully saturated rings. The van der Waals surface area contributed by atoms with Gasteiger partial charge in [-0.1, -0.05) is 124 Å². The Balaban J connectivity index is 4.57. The van der Waals surface area contributed by atoms with E-state index in [1.807, 2.05) is 24.3 Å². The fourth-order valence-electron chi connectivity index (χ4n) is 5.21. The van der Waals surface area contributed by atoms with Crippen molar-refractivity contribution in [1.82, 2.24) is 0 Å². The van der Waals surface area contributed by atoms with Gasteiger partial charge in [0.25, 0.3) is 0 Å². The minimum Gasteiger partial charge on any atom is -0.480 e. The molecule has 0 aliphatic rings. The standard InChI is InChI=1S/C46H76NO11P/c1-3-4-5-6-7-8-9-10-11-12-15-18-21-24-27-30-33-36-44(49)55-38-42(39-56-59(53,54)57-40-43(47)46(51)52)58-45(50)37-34-31-28-25-22-19-16-13-14-17-20-23-26-29-32-35-41(2)48/h10-11,14-19,23-28,41-43,48H,3-9,12-13,20-22,29-40,47H2,1-2H3,(H,51,52)(H,53,54)/b11-10-,17-14-,18-15-,19-16-,26-23-,27-24-,28-25-/t41-,42+,43-/m0/s1. The van der Waals surface area contributed by atoms with Gasteiger partial charge in [-0.15, -0.1) is 0 Å². The highest BCUT2D eigenvalue weighted by atomic mass is 31.2. The van der Waals surface area contributed by atoms with Crippen LogP contribution in [-0.4, -0.2) is 71.1 Å². The van der Waals surface area contributed by atoms with Gasteiger partial charge < -0.3 is 30.3 Å². The van der Waals surface area contributed by atoms with Gasteiger partial charge in [-0.05, 0) is 96.8 Å². The maximum Gasteiger partial charge on any atom is 0.472 e. The lowest BCUT2D eigenvalue weighted by molar-refractivity contribution is -0.161. The lowest BCUT2D eigenvalue weighted by Crippen LogP contribution is -2.34. The third-order valence-corrected chi connectivity index (χ3v) is 9.58. The number of esters is 2. The van der Waals surface area contributed by atoms with Crippen LogP contribution < -0.4 is 5.73 Å². The van der Waals surface area contributed by atoms with Crippen molar-refractivity contribution in [2.45, 2.75) is 167 Å². The van der Waals surface area contributed by atoms with Crippen LogP contribution in [0.15, 0.2) is 85.1 Å². The van der Waals surface area contributed by atoms with E-state index in [0.29, 0.717) is 25.7 Å². The first kappa shape index (κ1) is 55.6. The van der Waals surface area contributed by atoms with Gasteiger partial charge in [0.05, 0.1) is 19.3 Å². The average Bonchev–Trinajstić information content (AvgIpc) is 3.20. The predicted octanol–water partition coefficient (Wildman–Crippen LogP) is 10.5. The molecule has 5 N–H and O–H groups in total. The molecule has 4 atom stereocenters. The van der Waals surface area contributed by atoms with Crippen LogP contribution in [0, 0.1) is 0 Å². The molecule has 13 heteroatoms. The number of carbonyl (C=O) groups excluding carboxylic acids is 2. The molecule has 0 aliphatic heterocycles. The molecular formula is C46H76NO11P. The van der Waals surface area contributed by atoms with Crippen molar-refractivity contribution in [2.75, 3.05) is 19.8 Å². The maximum absolute atomic E-state index is 12.6. The van der Waals surface area contributed by atoms with E-state index in [1.165, 1.54) is 38.5 Å². The second kappa shape index (κ2) is 40.0. The van der Waals surface area contributed by atoms with Gasteiger partial charge in [-0.25, -0.2) is 4.57 Å². The number of allylic oxidation sites excluding steroid dienone is 14. The van der Waals surface area contributed by atoms with Crippen molar-refractivity contribution in [3.63, 3.8) is 0 Å². The molecule has 12 nitrogen and oxygen atoms in total. The molecule has 0 aromatic rings. The smallest absolute Gasteiger partial charge is 0.472 e.